The van der Waals surface area contributed by atoms with Gasteiger partial charge in [-0.15, -0.1) is 0 Å². The van der Waals surface area contributed by atoms with Crippen molar-refractivity contribution >= 4 is 10.0 Å². The maximum absolute atomic E-state index is 11.9. The van der Waals surface area contributed by atoms with Crippen molar-refractivity contribution < 1.29 is 18.3 Å². The minimum atomic E-state index is -3.24. The Morgan fingerprint density at radius 1 is 1.35 bits per heavy atom. The molecule has 1 saturated carbocycles. The number of sulfonamides is 1. The summed E-state index contributed by atoms with van der Waals surface area (Å²) in [7, 11) is -3.24. The summed E-state index contributed by atoms with van der Waals surface area (Å²) in [4.78, 5) is 0. The predicted molar refractivity (Wildman–Crippen MR) is 77.6 cm³/mol. The van der Waals surface area contributed by atoms with Crippen LogP contribution in [0.3, 0.4) is 0 Å². The van der Waals surface area contributed by atoms with E-state index in [1.54, 1.807) is 0 Å². The van der Waals surface area contributed by atoms with Crippen LogP contribution in [0.4, 0.5) is 0 Å². The highest BCUT2D eigenvalue weighted by Gasteiger charge is 2.34. The number of ether oxygens (including phenoxy) is 1. The van der Waals surface area contributed by atoms with E-state index in [1.807, 2.05) is 13.0 Å². The molecule has 1 fully saturated rings. The van der Waals surface area contributed by atoms with Crippen molar-refractivity contribution in [2.24, 2.45) is 11.8 Å². The van der Waals surface area contributed by atoms with Gasteiger partial charge in [0.25, 0.3) is 0 Å². The van der Waals surface area contributed by atoms with Gasteiger partial charge >= 0.3 is 0 Å². The number of aliphatic hydroxyl groups is 1. The van der Waals surface area contributed by atoms with Crippen LogP contribution >= 0.6 is 0 Å². The Hall–Kier alpha value is -0.590. The van der Waals surface area contributed by atoms with Crippen LogP contribution in [0.5, 0.6) is 0 Å². The molecular weight excluding hydrogens is 278 g/mol. The van der Waals surface area contributed by atoms with Crippen molar-refractivity contribution in [1.82, 2.24) is 4.31 Å². The third-order valence-corrected chi connectivity index (χ3v) is 5.41. The van der Waals surface area contributed by atoms with Crippen molar-refractivity contribution in [3.8, 4) is 0 Å². The summed E-state index contributed by atoms with van der Waals surface area (Å²) >= 11 is 0. The molecule has 2 rings (SSSR count). The van der Waals surface area contributed by atoms with Gasteiger partial charge in [0.1, 0.15) is 5.76 Å². The zero-order valence-corrected chi connectivity index (χ0v) is 13.1. The van der Waals surface area contributed by atoms with Crippen LogP contribution < -0.4 is 0 Å². The van der Waals surface area contributed by atoms with E-state index in [0.717, 1.165) is 12.2 Å². The number of aliphatic hydroxyl groups excluding tert-OH is 1. The third kappa shape index (κ3) is 3.96. The molecule has 116 valence electrons. The summed E-state index contributed by atoms with van der Waals surface area (Å²) < 4.78 is 31.2. The predicted octanol–water partition coefficient (Wildman–Crippen LogP) is 1.35. The van der Waals surface area contributed by atoms with Gasteiger partial charge in [-0.05, 0) is 37.7 Å². The number of likely N-dealkylation sites (N-methyl/N-ethyl adjacent to an activating group) is 1. The first-order chi connectivity index (χ1) is 9.45. The standard InChI is InChI=1S/C14H25NO4S/c1-3-15(20(2,17)18)13-7-6-12(9-16)8-14(13)19-10-11-4-5-11/h8,11-13,16H,3-7,9-10H2,1-2H3/t12-,13+/m1/s1. The molecule has 0 saturated heterocycles. The lowest BCUT2D eigenvalue weighted by atomic mass is 9.92. The van der Waals surface area contributed by atoms with Gasteiger partial charge in [0, 0.05) is 19.1 Å². The molecular formula is C14H25NO4S. The first-order valence-electron chi connectivity index (χ1n) is 7.37. The van der Waals surface area contributed by atoms with Crippen LogP contribution in [0.2, 0.25) is 0 Å². The SMILES string of the molecule is CCN([C@H]1CC[C@@H](CO)C=C1OCC1CC1)S(C)(=O)=O. The van der Waals surface area contributed by atoms with E-state index in [2.05, 4.69) is 0 Å². The lowest BCUT2D eigenvalue weighted by Crippen LogP contribution is -2.43. The summed E-state index contributed by atoms with van der Waals surface area (Å²) in [6.45, 7) is 3.05. The third-order valence-electron chi connectivity index (χ3n) is 4.04. The Morgan fingerprint density at radius 3 is 2.55 bits per heavy atom. The van der Waals surface area contributed by atoms with Gasteiger partial charge in [-0.1, -0.05) is 6.92 Å². The Balaban J connectivity index is 2.14. The number of rotatable bonds is 7. The van der Waals surface area contributed by atoms with Crippen LogP contribution in [0.15, 0.2) is 11.8 Å². The highest BCUT2D eigenvalue weighted by atomic mass is 32.2. The largest absolute Gasteiger partial charge is 0.496 e. The molecule has 0 aliphatic heterocycles. The normalized spacial score (nSPS) is 27.5. The molecule has 0 unspecified atom stereocenters. The molecule has 2 aliphatic carbocycles. The fourth-order valence-electron chi connectivity index (χ4n) is 2.70. The van der Waals surface area contributed by atoms with Crippen molar-refractivity contribution in [1.29, 1.82) is 0 Å². The van der Waals surface area contributed by atoms with Crippen molar-refractivity contribution in [3.05, 3.63) is 11.8 Å². The number of hydrogen-bond donors (Lipinski definition) is 1. The first kappa shape index (κ1) is 15.8. The Labute approximate surface area is 121 Å². The molecule has 20 heavy (non-hydrogen) atoms. The monoisotopic (exact) mass is 303 g/mol. The molecule has 2 aliphatic rings. The van der Waals surface area contributed by atoms with Crippen LogP contribution in [-0.2, 0) is 14.8 Å². The van der Waals surface area contributed by atoms with Gasteiger partial charge in [-0.25, -0.2) is 8.42 Å². The molecule has 0 radical (unpaired) electrons. The highest BCUT2D eigenvalue weighted by molar-refractivity contribution is 7.88. The summed E-state index contributed by atoms with van der Waals surface area (Å²) in [6.07, 6.45) is 7.07. The fourth-order valence-corrected chi connectivity index (χ4v) is 3.84. The highest BCUT2D eigenvalue weighted by Crippen LogP contribution is 2.33. The molecule has 0 bridgehead atoms. The summed E-state index contributed by atoms with van der Waals surface area (Å²) in [5.41, 5.74) is 0. The van der Waals surface area contributed by atoms with E-state index in [4.69, 9.17) is 4.74 Å². The zero-order chi connectivity index (χ0) is 14.8. The second-order valence-electron chi connectivity index (χ2n) is 5.83. The Kier molecular flexibility index (Phi) is 5.09. The molecule has 2 atom stereocenters. The molecule has 5 nitrogen and oxygen atoms in total. The van der Waals surface area contributed by atoms with Gasteiger partial charge in [-0.3, -0.25) is 0 Å². The molecule has 0 aromatic carbocycles. The minimum Gasteiger partial charge on any atom is -0.496 e. The Morgan fingerprint density at radius 2 is 2.05 bits per heavy atom. The van der Waals surface area contributed by atoms with E-state index in [-0.39, 0.29) is 18.6 Å². The van der Waals surface area contributed by atoms with Crippen molar-refractivity contribution in [2.75, 3.05) is 26.0 Å². The lowest BCUT2D eigenvalue weighted by Gasteiger charge is -2.34. The van der Waals surface area contributed by atoms with Gasteiger partial charge in [0.2, 0.25) is 10.0 Å². The fraction of sp³-hybridized carbons (Fsp3) is 0.857. The molecule has 1 N–H and O–H groups in total. The molecule has 0 heterocycles. The maximum Gasteiger partial charge on any atom is 0.211 e. The molecule has 0 spiro atoms. The van der Waals surface area contributed by atoms with Crippen LogP contribution in [0, 0.1) is 11.8 Å². The van der Waals surface area contributed by atoms with Gasteiger partial charge < -0.3 is 9.84 Å². The molecule has 0 aromatic heterocycles. The van der Waals surface area contributed by atoms with Crippen LogP contribution in [-0.4, -0.2) is 49.9 Å². The quantitative estimate of drug-likeness (QED) is 0.771. The van der Waals surface area contributed by atoms with E-state index in [9.17, 15) is 13.5 Å². The average molecular weight is 303 g/mol. The molecule has 6 heteroatoms. The van der Waals surface area contributed by atoms with E-state index in [0.29, 0.717) is 25.5 Å². The zero-order valence-electron chi connectivity index (χ0n) is 12.3. The topological polar surface area (TPSA) is 66.8 Å². The smallest absolute Gasteiger partial charge is 0.211 e. The minimum absolute atomic E-state index is 0.0821. The van der Waals surface area contributed by atoms with Crippen LogP contribution in [0.1, 0.15) is 32.6 Å². The second-order valence-corrected chi connectivity index (χ2v) is 7.76. The van der Waals surface area contributed by atoms with Gasteiger partial charge in [0.15, 0.2) is 0 Å². The molecule has 0 amide bonds. The summed E-state index contributed by atoms with van der Waals surface area (Å²) in [5, 5.41) is 9.31. The lowest BCUT2D eigenvalue weighted by molar-refractivity contribution is 0.127. The first-order valence-corrected chi connectivity index (χ1v) is 9.22. The van der Waals surface area contributed by atoms with Gasteiger partial charge in [0.05, 0.1) is 18.9 Å². The van der Waals surface area contributed by atoms with Crippen LogP contribution in [0.25, 0.3) is 0 Å². The van der Waals surface area contributed by atoms with E-state index in [1.165, 1.54) is 23.4 Å². The average Bonchev–Trinajstić information content (AvgIpc) is 3.20. The Bertz CT molecular complexity index is 456. The van der Waals surface area contributed by atoms with Crippen molar-refractivity contribution in [2.45, 2.75) is 38.6 Å². The summed E-state index contributed by atoms with van der Waals surface area (Å²) in [5.74, 6) is 1.44. The number of nitrogens with zero attached hydrogens (tertiary/aromatic N) is 1. The molecule has 0 aromatic rings. The summed E-state index contributed by atoms with van der Waals surface area (Å²) in [6, 6.07) is -0.212. The maximum atomic E-state index is 11.9. The second kappa shape index (κ2) is 6.45. The van der Waals surface area contributed by atoms with E-state index >= 15 is 0 Å². The van der Waals surface area contributed by atoms with Gasteiger partial charge in [-0.2, -0.15) is 4.31 Å². The van der Waals surface area contributed by atoms with Crippen molar-refractivity contribution in [3.63, 3.8) is 0 Å². The number of hydrogen-bond acceptors (Lipinski definition) is 4. The van der Waals surface area contributed by atoms with E-state index < -0.39 is 10.0 Å².